The van der Waals surface area contributed by atoms with Crippen LogP contribution in [0.1, 0.15) is 37.8 Å². The summed E-state index contributed by atoms with van der Waals surface area (Å²) < 4.78 is 18.9. The molecule has 0 aliphatic carbocycles. The van der Waals surface area contributed by atoms with Crippen molar-refractivity contribution >= 4 is 11.8 Å². The fraction of sp³-hybridized carbons (Fsp3) is 0.625. The van der Waals surface area contributed by atoms with E-state index in [0.29, 0.717) is 5.75 Å². The van der Waals surface area contributed by atoms with Crippen LogP contribution in [0.5, 0.6) is 5.75 Å². The van der Waals surface area contributed by atoms with Gasteiger partial charge in [0.1, 0.15) is 0 Å². The number of rotatable bonds is 6. The molecule has 0 radical (unpaired) electrons. The van der Waals surface area contributed by atoms with Crippen molar-refractivity contribution < 1.29 is 9.13 Å². The van der Waals surface area contributed by atoms with Crippen LogP contribution in [0.25, 0.3) is 0 Å². The van der Waals surface area contributed by atoms with Crippen LogP contribution in [0.4, 0.5) is 4.39 Å². The number of hydrogen-bond acceptors (Lipinski definition) is 3. The van der Waals surface area contributed by atoms with Gasteiger partial charge in [0.05, 0.1) is 7.11 Å². The van der Waals surface area contributed by atoms with Crippen LogP contribution in [0.3, 0.4) is 0 Å². The van der Waals surface area contributed by atoms with Crippen molar-refractivity contribution in [2.24, 2.45) is 5.92 Å². The molecule has 0 spiro atoms. The maximum Gasteiger partial charge on any atom is 0.165 e. The minimum atomic E-state index is -0.271. The summed E-state index contributed by atoms with van der Waals surface area (Å²) in [4.78, 5) is 0. The highest BCUT2D eigenvalue weighted by Crippen LogP contribution is 2.32. The average molecular weight is 297 g/mol. The molecule has 0 aromatic heterocycles. The van der Waals surface area contributed by atoms with E-state index in [-0.39, 0.29) is 11.9 Å². The lowest BCUT2D eigenvalue weighted by atomic mass is 9.90. The Labute approximate surface area is 125 Å². The minimum absolute atomic E-state index is 0.244. The van der Waals surface area contributed by atoms with Gasteiger partial charge in [-0.15, -0.1) is 0 Å². The standard InChI is InChI=1S/C16H24FNOS/c1-3-18-15(10-12-6-8-20-9-7-12)13-4-5-16(19-2)14(17)11-13/h4-5,11-12,15,18H,3,6-10H2,1-2H3. The molecular weight excluding hydrogens is 273 g/mol. The van der Waals surface area contributed by atoms with E-state index < -0.39 is 0 Å². The molecule has 1 fully saturated rings. The Hall–Kier alpha value is -0.740. The summed E-state index contributed by atoms with van der Waals surface area (Å²) in [7, 11) is 1.50. The number of hydrogen-bond donors (Lipinski definition) is 1. The minimum Gasteiger partial charge on any atom is -0.494 e. The Bertz CT molecular complexity index is 421. The van der Waals surface area contributed by atoms with E-state index in [2.05, 4.69) is 12.2 Å². The van der Waals surface area contributed by atoms with Crippen LogP contribution in [-0.2, 0) is 0 Å². The molecule has 2 rings (SSSR count). The molecule has 0 amide bonds. The molecule has 1 aliphatic heterocycles. The largest absolute Gasteiger partial charge is 0.494 e. The van der Waals surface area contributed by atoms with Gasteiger partial charge in [-0.2, -0.15) is 11.8 Å². The van der Waals surface area contributed by atoms with Crippen LogP contribution in [0, 0.1) is 11.7 Å². The van der Waals surface area contributed by atoms with Crippen molar-refractivity contribution in [1.82, 2.24) is 5.32 Å². The first-order chi connectivity index (χ1) is 9.74. The molecule has 1 aromatic carbocycles. The molecule has 1 heterocycles. The predicted octanol–water partition coefficient (Wildman–Crippen LogP) is 4.02. The van der Waals surface area contributed by atoms with E-state index in [4.69, 9.17) is 4.74 Å². The van der Waals surface area contributed by atoms with E-state index in [9.17, 15) is 4.39 Å². The molecule has 2 nitrogen and oxygen atoms in total. The number of methoxy groups -OCH3 is 1. The van der Waals surface area contributed by atoms with Gasteiger partial charge in [0.25, 0.3) is 0 Å². The Kier molecular flexibility index (Phi) is 6.17. The monoisotopic (exact) mass is 297 g/mol. The number of nitrogens with one attached hydrogen (secondary N) is 1. The fourth-order valence-electron chi connectivity index (χ4n) is 2.80. The summed E-state index contributed by atoms with van der Waals surface area (Å²) in [6.07, 6.45) is 3.66. The van der Waals surface area contributed by atoms with Crippen molar-refractivity contribution in [1.29, 1.82) is 0 Å². The number of halogens is 1. The maximum atomic E-state index is 13.9. The second-order valence-corrected chi connectivity index (χ2v) is 6.52. The van der Waals surface area contributed by atoms with E-state index in [1.54, 1.807) is 12.1 Å². The third-order valence-corrected chi connectivity index (χ3v) is 4.99. The molecule has 1 unspecified atom stereocenters. The highest BCUT2D eigenvalue weighted by molar-refractivity contribution is 7.99. The zero-order valence-corrected chi connectivity index (χ0v) is 13.1. The van der Waals surface area contributed by atoms with E-state index in [1.165, 1.54) is 31.5 Å². The summed E-state index contributed by atoms with van der Waals surface area (Å²) in [5.74, 6) is 3.33. The van der Waals surface area contributed by atoms with Gasteiger partial charge in [-0.25, -0.2) is 4.39 Å². The zero-order valence-electron chi connectivity index (χ0n) is 12.3. The third kappa shape index (κ3) is 4.13. The third-order valence-electron chi connectivity index (χ3n) is 3.94. The van der Waals surface area contributed by atoms with Gasteiger partial charge in [0, 0.05) is 6.04 Å². The first-order valence-electron chi connectivity index (χ1n) is 7.39. The summed E-state index contributed by atoms with van der Waals surface area (Å²) in [5, 5.41) is 3.50. The number of thioether (sulfide) groups is 1. The van der Waals surface area contributed by atoms with Crippen LogP contribution < -0.4 is 10.1 Å². The second-order valence-electron chi connectivity index (χ2n) is 5.30. The lowest BCUT2D eigenvalue weighted by molar-refractivity contribution is 0.368. The van der Waals surface area contributed by atoms with Gasteiger partial charge in [0.15, 0.2) is 11.6 Å². The molecule has 1 aliphatic rings. The first kappa shape index (κ1) is 15.6. The van der Waals surface area contributed by atoms with Crippen molar-refractivity contribution in [2.75, 3.05) is 25.2 Å². The molecule has 0 saturated carbocycles. The van der Waals surface area contributed by atoms with Crippen LogP contribution in [-0.4, -0.2) is 25.2 Å². The number of ether oxygens (including phenoxy) is 1. The van der Waals surface area contributed by atoms with Gasteiger partial charge in [-0.05, 0) is 60.9 Å². The van der Waals surface area contributed by atoms with Gasteiger partial charge in [-0.1, -0.05) is 13.0 Å². The van der Waals surface area contributed by atoms with Crippen molar-refractivity contribution in [3.8, 4) is 5.75 Å². The van der Waals surface area contributed by atoms with Crippen molar-refractivity contribution in [3.05, 3.63) is 29.6 Å². The average Bonchev–Trinajstić information content (AvgIpc) is 2.48. The highest BCUT2D eigenvalue weighted by Gasteiger charge is 2.20. The summed E-state index contributed by atoms with van der Waals surface area (Å²) in [5.41, 5.74) is 1.03. The predicted molar refractivity (Wildman–Crippen MR) is 84.0 cm³/mol. The van der Waals surface area contributed by atoms with E-state index in [0.717, 1.165) is 24.4 Å². The van der Waals surface area contributed by atoms with E-state index in [1.807, 2.05) is 17.8 Å². The van der Waals surface area contributed by atoms with Gasteiger partial charge in [0.2, 0.25) is 0 Å². The molecule has 1 atom stereocenters. The molecule has 112 valence electrons. The van der Waals surface area contributed by atoms with Crippen LogP contribution >= 0.6 is 11.8 Å². The normalized spacial score (nSPS) is 17.9. The van der Waals surface area contributed by atoms with E-state index >= 15 is 0 Å². The molecule has 0 bridgehead atoms. The fourth-order valence-corrected chi connectivity index (χ4v) is 4.00. The molecule has 20 heavy (non-hydrogen) atoms. The lowest BCUT2D eigenvalue weighted by Gasteiger charge is -2.27. The number of benzene rings is 1. The Morgan fingerprint density at radius 2 is 2.15 bits per heavy atom. The Balaban J connectivity index is 2.08. The lowest BCUT2D eigenvalue weighted by Crippen LogP contribution is -2.25. The first-order valence-corrected chi connectivity index (χ1v) is 8.54. The maximum absolute atomic E-state index is 13.9. The second kappa shape index (κ2) is 7.89. The topological polar surface area (TPSA) is 21.3 Å². The Morgan fingerprint density at radius 1 is 1.40 bits per heavy atom. The van der Waals surface area contributed by atoms with Gasteiger partial charge in [-0.3, -0.25) is 0 Å². The Morgan fingerprint density at radius 3 is 2.75 bits per heavy atom. The molecular formula is C16H24FNOS. The van der Waals surface area contributed by atoms with Gasteiger partial charge < -0.3 is 10.1 Å². The highest BCUT2D eigenvalue weighted by atomic mass is 32.2. The van der Waals surface area contributed by atoms with Gasteiger partial charge >= 0.3 is 0 Å². The molecule has 4 heteroatoms. The zero-order chi connectivity index (χ0) is 14.4. The molecule has 1 aromatic rings. The summed E-state index contributed by atoms with van der Waals surface area (Å²) in [6.45, 7) is 3.00. The van der Waals surface area contributed by atoms with Crippen LogP contribution in [0.2, 0.25) is 0 Å². The SMILES string of the molecule is CCNC(CC1CCSCC1)c1ccc(OC)c(F)c1. The molecule has 1 N–H and O–H groups in total. The smallest absolute Gasteiger partial charge is 0.165 e. The summed E-state index contributed by atoms with van der Waals surface area (Å²) in [6, 6.07) is 5.57. The quantitative estimate of drug-likeness (QED) is 0.857. The summed E-state index contributed by atoms with van der Waals surface area (Å²) >= 11 is 2.05. The van der Waals surface area contributed by atoms with Crippen LogP contribution in [0.15, 0.2) is 18.2 Å². The van der Waals surface area contributed by atoms with Crippen molar-refractivity contribution in [2.45, 2.75) is 32.2 Å². The van der Waals surface area contributed by atoms with Crippen molar-refractivity contribution in [3.63, 3.8) is 0 Å². The molecule has 1 saturated heterocycles.